The van der Waals surface area contributed by atoms with Gasteiger partial charge in [0.2, 0.25) is 0 Å². The van der Waals surface area contributed by atoms with Crippen LogP contribution in [-0.4, -0.2) is 18.1 Å². The Labute approximate surface area is 78.7 Å². The van der Waals surface area contributed by atoms with Crippen LogP contribution in [-0.2, 0) is 0 Å². The second-order valence-corrected chi connectivity index (χ2v) is 3.35. The molecule has 1 aromatic heterocycles. The van der Waals surface area contributed by atoms with Crippen molar-refractivity contribution < 1.29 is 0 Å². The minimum atomic E-state index is 0.590. The molecular weight excluding hydrogens is 160 g/mol. The molecule has 68 valence electrons. The van der Waals surface area contributed by atoms with Crippen LogP contribution in [0.5, 0.6) is 0 Å². The molecule has 0 radical (unpaired) electrons. The van der Waals surface area contributed by atoms with Gasteiger partial charge in [-0.2, -0.15) is 0 Å². The molecule has 2 rings (SSSR count). The molecule has 2 heteroatoms. The number of nitrogens with one attached hydrogen (secondary N) is 1. The van der Waals surface area contributed by atoms with Crippen molar-refractivity contribution >= 4 is 0 Å². The molecule has 0 aromatic carbocycles. The van der Waals surface area contributed by atoms with E-state index in [4.69, 9.17) is 0 Å². The first kappa shape index (κ1) is 8.45. The fourth-order valence-corrected chi connectivity index (χ4v) is 1.64. The third-order valence-corrected chi connectivity index (χ3v) is 2.40. The lowest BCUT2D eigenvalue weighted by molar-refractivity contribution is 0.630. The predicted octanol–water partition coefficient (Wildman–Crippen LogP) is 1.71. The number of allylic oxidation sites excluding steroid dienone is 1. The van der Waals surface area contributed by atoms with Crippen LogP contribution in [0.4, 0.5) is 0 Å². The molecule has 0 fully saturated rings. The molecule has 1 N–H and O–H groups in total. The topological polar surface area (TPSA) is 24.9 Å². The van der Waals surface area contributed by atoms with Gasteiger partial charge in [0.1, 0.15) is 0 Å². The van der Waals surface area contributed by atoms with Gasteiger partial charge in [0.25, 0.3) is 0 Å². The van der Waals surface area contributed by atoms with Crippen molar-refractivity contribution in [3.63, 3.8) is 0 Å². The van der Waals surface area contributed by atoms with E-state index < -0.39 is 0 Å². The van der Waals surface area contributed by atoms with E-state index in [1.807, 2.05) is 18.5 Å². The molecule has 2 nitrogen and oxygen atoms in total. The van der Waals surface area contributed by atoms with Crippen molar-refractivity contribution in [2.45, 2.75) is 12.3 Å². The Kier molecular flexibility index (Phi) is 2.72. The van der Waals surface area contributed by atoms with Gasteiger partial charge >= 0.3 is 0 Å². The number of hydrogen-bond donors (Lipinski definition) is 1. The average Bonchev–Trinajstić information content (AvgIpc) is 2.47. The second-order valence-electron chi connectivity index (χ2n) is 3.35. The summed E-state index contributed by atoms with van der Waals surface area (Å²) in [5, 5.41) is 3.38. The first-order valence-corrected chi connectivity index (χ1v) is 4.72. The zero-order chi connectivity index (χ0) is 8.93. The highest BCUT2D eigenvalue weighted by atomic mass is 14.9. The molecule has 0 saturated heterocycles. The normalized spacial score (nSPS) is 22.6. The molecule has 1 aliphatic heterocycles. The van der Waals surface area contributed by atoms with E-state index in [1.165, 1.54) is 5.56 Å². The summed E-state index contributed by atoms with van der Waals surface area (Å²) in [5.74, 6) is 0.590. The van der Waals surface area contributed by atoms with Crippen LogP contribution in [0.15, 0.2) is 36.7 Å². The van der Waals surface area contributed by atoms with Gasteiger partial charge in [0, 0.05) is 31.4 Å². The zero-order valence-electron chi connectivity index (χ0n) is 7.61. The van der Waals surface area contributed by atoms with Crippen LogP contribution >= 0.6 is 0 Å². The van der Waals surface area contributed by atoms with Gasteiger partial charge in [-0.1, -0.05) is 18.2 Å². The number of pyridine rings is 1. The first-order valence-electron chi connectivity index (χ1n) is 4.72. The summed E-state index contributed by atoms with van der Waals surface area (Å²) in [5.41, 5.74) is 1.33. The van der Waals surface area contributed by atoms with Crippen LogP contribution in [0.3, 0.4) is 0 Å². The van der Waals surface area contributed by atoms with Gasteiger partial charge in [-0.15, -0.1) is 0 Å². The van der Waals surface area contributed by atoms with Crippen molar-refractivity contribution in [1.29, 1.82) is 0 Å². The fourth-order valence-electron chi connectivity index (χ4n) is 1.64. The molecule has 2 heterocycles. The van der Waals surface area contributed by atoms with E-state index in [0.717, 1.165) is 19.5 Å². The number of aromatic nitrogens is 1. The van der Waals surface area contributed by atoms with Gasteiger partial charge in [-0.25, -0.2) is 0 Å². The summed E-state index contributed by atoms with van der Waals surface area (Å²) in [6, 6.07) is 4.16. The van der Waals surface area contributed by atoms with E-state index in [2.05, 4.69) is 28.5 Å². The third kappa shape index (κ3) is 2.16. The second kappa shape index (κ2) is 4.19. The summed E-state index contributed by atoms with van der Waals surface area (Å²) in [7, 11) is 0. The van der Waals surface area contributed by atoms with Gasteiger partial charge in [0.05, 0.1) is 0 Å². The maximum Gasteiger partial charge on any atom is 0.0303 e. The third-order valence-electron chi connectivity index (χ3n) is 2.40. The molecule has 1 aromatic rings. The minimum Gasteiger partial charge on any atom is -0.313 e. The molecule has 0 saturated carbocycles. The Morgan fingerprint density at radius 3 is 3.23 bits per heavy atom. The van der Waals surface area contributed by atoms with Gasteiger partial charge in [0.15, 0.2) is 0 Å². The Morgan fingerprint density at radius 1 is 1.38 bits per heavy atom. The van der Waals surface area contributed by atoms with Crippen molar-refractivity contribution in [2.24, 2.45) is 0 Å². The highest BCUT2D eigenvalue weighted by molar-refractivity contribution is 5.17. The molecule has 1 aliphatic rings. The standard InChI is InChI=1S/C11H14N2/c1-2-6-12-8-10(4-1)11-5-3-7-13-9-11/h1-3,5,7,9-10,12H,4,6,8H2. The van der Waals surface area contributed by atoms with Crippen molar-refractivity contribution in [3.8, 4) is 0 Å². The van der Waals surface area contributed by atoms with Crippen LogP contribution in [0.25, 0.3) is 0 Å². The number of hydrogen-bond acceptors (Lipinski definition) is 2. The quantitative estimate of drug-likeness (QED) is 0.656. The summed E-state index contributed by atoms with van der Waals surface area (Å²) >= 11 is 0. The largest absolute Gasteiger partial charge is 0.313 e. The van der Waals surface area contributed by atoms with Crippen molar-refractivity contribution in [3.05, 3.63) is 42.2 Å². The summed E-state index contributed by atoms with van der Waals surface area (Å²) in [6.07, 6.45) is 9.35. The maximum atomic E-state index is 4.14. The van der Waals surface area contributed by atoms with E-state index >= 15 is 0 Å². The molecule has 1 unspecified atom stereocenters. The zero-order valence-corrected chi connectivity index (χ0v) is 7.61. The van der Waals surface area contributed by atoms with E-state index in [-0.39, 0.29) is 0 Å². The minimum absolute atomic E-state index is 0.590. The lowest BCUT2D eigenvalue weighted by Crippen LogP contribution is -2.19. The first-order chi connectivity index (χ1) is 6.47. The molecule has 0 amide bonds. The van der Waals surface area contributed by atoms with Gasteiger partial charge in [-0.3, -0.25) is 4.98 Å². The predicted molar refractivity (Wildman–Crippen MR) is 53.6 cm³/mol. The lowest BCUT2D eigenvalue weighted by Gasteiger charge is -2.12. The van der Waals surface area contributed by atoms with Crippen LogP contribution in [0, 0.1) is 0 Å². The molecular formula is C11H14N2. The van der Waals surface area contributed by atoms with Crippen molar-refractivity contribution in [1.82, 2.24) is 10.3 Å². The smallest absolute Gasteiger partial charge is 0.0303 e. The average molecular weight is 174 g/mol. The van der Waals surface area contributed by atoms with E-state index in [9.17, 15) is 0 Å². The van der Waals surface area contributed by atoms with Gasteiger partial charge < -0.3 is 5.32 Å². The Bertz CT molecular complexity index is 279. The number of rotatable bonds is 1. The molecule has 0 bridgehead atoms. The SMILES string of the molecule is C1=CCC(c2cccnc2)CNC1. The highest BCUT2D eigenvalue weighted by Gasteiger charge is 2.10. The lowest BCUT2D eigenvalue weighted by atomic mass is 9.98. The summed E-state index contributed by atoms with van der Waals surface area (Å²) in [6.45, 7) is 2.05. The van der Waals surface area contributed by atoms with Crippen LogP contribution in [0.1, 0.15) is 17.9 Å². The Balaban J connectivity index is 2.12. The van der Waals surface area contributed by atoms with E-state index in [0.29, 0.717) is 5.92 Å². The number of nitrogens with zero attached hydrogens (tertiary/aromatic N) is 1. The van der Waals surface area contributed by atoms with E-state index in [1.54, 1.807) is 0 Å². The molecule has 0 aliphatic carbocycles. The maximum absolute atomic E-state index is 4.14. The van der Waals surface area contributed by atoms with Crippen LogP contribution < -0.4 is 5.32 Å². The Morgan fingerprint density at radius 2 is 2.38 bits per heavy atom. The highest BCUT2D eigenvalue weighted by Crippen LogP contribution is 2.19. The monoisotopic (exact) mass is 174 g/mol. The van der Waals surface area contributed by atoms with Crippen molar-refractivity contribution in [2.75, 3.05) is 13.1 Å². The molecule has 1 atom stereocenters. The molecule has 13 heavy (non-hydrogen) atoms. The molecule has 0 spiro atoms. The summed E-state index contributed by atoms with van der Waals surface area (Å²) < 4.78 is 0. The fraction of sp³-hybridized carbons (Fsp3) is 0.364. The van der Waals surface area contributed by atoms with Gasteiger partial charge in [-0.05, 0) is 18.1 Å². The van der Waals surface area contributed by atoms with Crippen LogP contribution in [0.2, 0.25) is 0 Å². The summed E-state index contributed by atoms with van der Waals surface area (Å²) in [4.78, 5) is 4.14. The Hall–Kier alpha value is -1.15.